The smallest absolute Gasteiger partial charge is 0.780 e. The predicted molar refractivity (Wildman–Crippen MR) is 142 cm³/mol. The average Bonchev–Trinajstić information content (AvgIpc) is 2.70. The average molecular weight is 1130 g/mol. The molecule has 1 aromatic carbocycles. The topological polar surface area (TPSA) is 271 Å². The van der Waals surface area contributed by atoms with Crippen molar-refractivity contribution in [3.8, 4) is 0 Å². The minimum atomic E-state index is -1.15. The third-order valence-corrected chi connectivity index (χ3v) is 6.98. The van der Waals surface area contributed by atoms with Gasteiger partial charge in [0.1, 0.15) is 0 Å². The summed E-state index contributed by atoms with van der Waals surface area (Å²) < 4.78 is 19.3. The molecule has 1 aromatic heterocycles. The summed E-state index contributed by atoms with van der Waals surface area (Å²) in [5.41, 5.74) is 27.6. The summed E-state index contributed by atoms with van der Waals surface area (Å²) >= 11 is 2.52. The zero-order valence-corrected chi connectivity index (χ0v) is 31.1. The van der Waals surface area contributed by atoms with E-state index in [1.807, 2.05) is 48.5 Å². The van der Waals surface area contributed by atoms with Crippen LogP contribution in [0.4, 0.5) is 0 Å². The van der Waals surface area contributed by atoms with Gasteiger partial charge in [-0.1, -0.05) is 36.4 Å². The third kappa shape index (κ3) is 62.3. The quantitative estimate of drug-likeness (QED) is 0.282. The molecule has 13 nitrogen and oxygen atoms in total. The molecule has 2 rings (SSSR count). The molecule has 0 saturated heterocycles. The molecule has 0 fully saturated rings. The minimum absolute atomic E-state index is 0. The number of aromatic nitrogens is 1. The Bertz CT molecular complexity index is 548. The van der Waals surface area contributed by atoms with Gasteiger partial charge in [-0.25, -0.2) is 0 Å². The first kappa shape index (κ1) is 57.9. The molecule has 0 aliphatic rings. The van der Waals surface area contributed by atoms with E-state index in [1.54, 1.807) is 40.1 Å². The fourth-order valence-corrected chi connectivity index (χ4v) is 2.96. The molecule has 18 heteroatoms. The van der Waals surface area contributed by atoms with Crippen LogP contribution in [0.2, 0.25) is 0 Å². The van der Waals surface area contributed by atoms with Gasteiger partial charge in [0.15, 0.2) is 0 Å². The second kappa shape index (κ2) is 44.2. The standard InChI is InChI=1S/C6H6S.C5H5N.4C2H5NO.4H2O.2Pt.2Sb/c7-6-4-2-1-3-5-6;1-2-4-6-5-3-1;4*1-2(3)4;;;;;;;;/h1-5,7H;1-5H;4*2-3H,1H3;4*1H2;;;;/q;;4*-2;;;;;;3*+2/p-1. The Labute approximate surface area is 277 Å². The van der Waals surface area contributed by atoms with Gasteiger partial charge in [-0.2, -0.15) is 4.90 Å². The zero-order chi connectivity index (χ0) is 23.9. The number of hydrogen-bond acceptors (Lipinski definition) is 6. The number of pyridine rings is 1. The molecule has 1 heterocycles. The largest absolute Gasteiger partial charge is 2.00 e. The SMILES string of the molecule is CC([NH-])[O][Sb][O]C(C)[NH-].CC([NH-])[O][Sb][O]C(C)[NH-].O.O.O.O.[Pt+2].[Pt].[S-]c1ccccc1.c1ccncc1. The molecule has 0 aliphatic heterocycles. The van der Waals surface area contributed by atoms with Crippen LogP contribution in [0.25, 0.3) is 22.9 Å². The first-order valence-corrected chi connectivity index (χ1v) is 13.7. The summed E-state index contributed by atoms with van der Waals surface area (Å²) in [6.45, 7) is 6.53. The van der Waals surface area contributed by atoms with E-state index in [-0.39, 0.29) is 64.0 Å². The molecular formula is C19H38N5O8Pt2SSb2-3. The molecule has 0 saturated carbocycles. The Morgan fingerprint density at radius 3 is 1.03 bits per heavy atom. The van der Waals surface area contributed by atoms with E-state index in [9.17, 15) is 0 Å². The molecule has 12 N–H and O–H groups in total. The molecule has 4 atom stereocenters. The van der Waals surface area contributed by atoms with Gasteiger partial charge in [0.05, 0.1) is 0 Å². The molecule has 37 heavy (non-hydrogen) atoms. The van der Waals surface area contributed by atoms with Gasteiger partial charge in [0.25, 0.3) is 0 Å². The molecule has 4 unspecified atom stereocenters. The first-order chi connectivity index (χ1) is 14.6. The predicted octanol–water partition coefficient (Wildman–Crippen LogP) is 2.07. The summed E-state index contributed by atoms with van der Waals surface area (Å²) in [5, 5.41) is 0. The van der Waals surface area contributed by atoms with Gasteiger partial charge >= 0.3 is 154 Å². The van der Waals surface area contributed by atoms with Crippen molar-refractivity contribution in [2.24, 2.45) is 0 Å². The molecular weight excluding hydrogens is 1090 g/mol. The number of benzene rings is 1. The number of hydrogen-bond donors (Lipinski definition) is 0. The van der Waals surface area contributed by atoms with Gasteiger partial charge in [0, 0.05) is 33.5 Å². The van der Waals surface area contributed by atoms with Crippen molar-refractivity contribution in [1.82, 2.24) is 4.98 Å². The van der Waals surface area contributed by atoms with Crippen LogP contribution in [0.1, 0.15) is 27.7 Å². The third-order valence-electron chi connectivity index (χ3n) is 2.11. The van der Waals surface area contributed by atoms with Crippen LogP contribution in [-0.2, 0) is 66.8 Å². The summed E-state index contributed by atoms with van der Waals surface area (Å²) in [6, 6.07) is 15.3. The van der Waals surface area contributed by atoms with E-state index in [0.717, 1.165) is 4.90 Å². The van der Waals surface area contributed by atoms with Gasteiger partial charge in [-0.05, 0) is 12.1 Å². The van der Waals surface area contributed by atoms with E-state index in [2.05, 4.69) is 4.98 Å². The Morgan fingerprint density at radius 2 is 0.892 bits per heavy atom. The van der Waals surface area contributed by atoms with E-state index in [4.69, 9.17) is 47.6 Å². The maximum Gasteiger partial charge on any atom is 2.00 e. The fraction of sp³-hybridized carbons (Fsp3) is 0.421. The van der Waals surface area contributed by atoms with Crippen LogP contribution in [0.15, 0.2) is 65.8 Å². The maximum atomic E-state index is 6.90. The van der Waals surface area contributed by atoms with Crippen LogP contribution in [-0.4, -0.2) is 96.7 Å². The molecule has 0 aliphatic carbocycles. The first-order valence-electron chi connectivity index (χ1n) is 9.10. The second-order valence-electron chi connectivity index (χ2n) is 5.48. The van der Waals surface area contributed by atoms with Crippen molar-refractivity contribution in [3.63, 3.8) is 0 Å². The monoisotopic (exact) mass is 1130 g/mol. The summed E-state index contributed by atoms with van der Waals surface area (Å²) in [6.07, 6.45) is 1.50. The number of nitrogens with one attached hydrogen (secondary N) is 4. The van der Waals surface area contributed by atoms with Crippen molar-refractivity contribution < 1.29 is 76.1 Å². The number of rotatable bonds is 8. The molecule has 2 aromatic rings. The summed E-state index contributed by atoms with van der Waals surface area (Å²) in [7, 11) is 0. The summed E-state index contributed by atoms with van der Waals surface area (Å²) in [4.78, 5) is 4.69. The zero-order valence-electron chi connectivity index (χ0n) is 20.6. The summed E-state index contributed by atoms with van der Waals surface area (Å²) in [5.74, 6) is 0. The van der Waals surface area contributed by atoms with Crippen molar-refractivity contribution in [3.05, 3.63) is 83.9 Å². The van der Waals surface area contributed by atoms with Crippen LogP contribution in [0.5, 0.6) is 0 Å². The Morgan fingerprint density at radius 1 is 0.622 bits per heavy atom. The molecule has 0 bridgehead atoms. The van der Waals surface area contributed by atoms with Crippen molar-refractivity contribution in [2.45, 2.75) is 57.5 Å². The van der Waals surface area contributed by atoms with Crippen LogP contribution in [0.3, 0.4) is 0 Å². The Hall–Kier alpha value is 1.12. The minimum Gasteiger partial charge on any atom is -0.780 e. The molecule has 226 valence electrons. The second-order valence-corrected chi connectivity index (χ2v) is 9.21. The van der Waals surface area contributed by atoms with E-state index in [0.29, 0.717) is 0 Å². The normalized spacial score (nSPS) is 11.4. The molecule has 0 spiro atoms. The van der Waals surface area contributed by atoms with Crippen molar-refractivity contribution in [2.75, 3.05) is 0 Å². The van der Waals surface area contributed by atoms with Crippen LogP contribution < -0.4 is 0 Å². The van der Waals surface area contributed by atoms with Gasteiger partial charge in [-0.3, -0.25) is 4.98 Å². The van der Waals surface area contributed by atoms with Gasteiger partial charge in [-0.15, -0.1) is 0 Å². The van der Waals surface area contributed by atoms with E-state index in [1.165, 1.54) is 0 Å². The number of nitrogens with zero attached hydrogens (tertiary/aromatic N) is 1. The molecule has 2 radical (unpaired) electrons. The van der Waals surface area contributed by atoms with E-state index < -0.39 is 69.8 Å². The van der Waals surface area contributed by atoms with E-state index >= 15 is 0 Å². The Kier molecular flexibility index (Phi) is 69.1. The van der Waals surface area contributed by atoms with Gasteiger partial charge < -0.3 is 34.5 Å². The van der Waals surface area contributed by atoms with Crippen LogP contribution >= 0.6 is 0 Å². The van der Waals surface area contributed by atoms with Gasteiger partial charge in [0.2, 0.25) is 0 Å². The fourth-order valence-electron chi connectivity index (χ4n) is 1.04. The van der Waals surface area contributed by atoms with Crippen molar-refractivity contribution in [1.29, 1.82) is 0 Å². The van der Waals surface area contributed by atoms with Crippen LogP contribution in [0, 0.1) is 0 Å². The van der Waals surface area contributed by atoms with Crippen molar-refractivity contribution >= 4 is 57.5 Å². The Balaban J connectivity index is -0.0000000483. The maximum absolute atomic E-state index is 6.90. The molecule has 0 amide bonds.